The summed E-state index contributed by atoms with van der Waals surface area (Å²) in [5.41, 5.74) is 0. The quantitative estimate of drug-likeness (QED) is 0.845. The minimum atomic E-state index is -2.83. The summed E-state index contributed by atoms with van der Waals surface area (Å²) in [7, 11) is -0.816. The summed E-state index contributed by atoms with van der Waals surface area (Å²) >= 11 is 0. The van der Waals surface area contributed by atoms with Crippen LogP contribution in [0.15, 0.2) is 22.8 Å². The lowest BCUT2D eigenvalue weighted by atomic mass is 10.2. The monoisotopic (exact) mass is 272 g/mol. The van der Waals surface area contributed by atoms with E-state index in [0.717, 1.165) is 25.3 Å². The highest BCUT2D eigenvalue weighted by Crippen LogP contribution is 2.08. The number of nitrogens with zero attached hydrogens (tertiary/aromatic N) is 1. The fourth-order valence-electron chi connectivity index (χ4n) is 2.18. The number of rotatable bonds is 5. The van der Waals surface area contributed by atoms with Crippen molar-refractivity contribution >= 4 is 9.84 Å². The molecule has 6 heteroatoms. The Labute approximate surface area is 108 Å². The number of hydrogen-bond donors (Lipinski definition) is 1. The minimum Gasteiger partial charge on any atom is -0.468 e. The van der Waals surface area contributed by atoms with Crippen molar-refractivity contribution in [3.63, 3.8) is 0 Å². The van der Waals surface area contributed by atoms with Gasteiger partial charge in [-0.15, -0.1) is 0 Å². The SMILES string of the molecule is CN(CCC1CS(=O)(=O)CCN1)Cc1ccco1. The largest absolute Gasteiger partial charge is 0.468 e. The molecule has 102 valence electrons. The van der Waals surface area contributed by atoms with E-state index in [1.807, 2.05) is 19.2 Å². The van der Waals surface area contributed by atoms with Crippen molar-refractivity contribution in [2.75, 3.05) is 31.6 Å². The predicted molar refractivity (Wildman–Crippen MR) is 70.1 cm³/mol. The van der Waals surface area contributed by atoms with Crippen molar-refractivity contribution in [2.45, 2.75) is 19.0 Å². The van der Waals surface area contributed by atoms with Crippen LogP contribution in [0.4, 0.5) is 0 Å². The summed E-state index contributed by atoms with van der Waals surface area (Å²) in [5, 5.41) is 3.26. The van der Waals surface area contributed by atoms with E-state index in [2.05, 4.69) is 10.2 Å². The van der Waals surface area contributed by atoms with E-state index < -0.39 is 9.84 Å². The zero-order chi connectivity index (χ0) is 13.0. The van der Waals surface area contributed by atoms with Gasteiger partial charge in [0.05, 0.1) is 24.3 Å². The van der Waals surface area contributed by atoms with Crippen molar-refractivity contribution in [2.24, 2.45) is 0 Å². The maximum absolute atomic E-state index is 11.5. The van der Waals surface area contributed by atoms with Gasteiger partial charge >= 0.3 is 0 Å². The first-order chi connectivity index (χ1) is 8.55. The van der Waals surface area contributed by atoms with E-state index in [4.69, 9.17) is 4.42 Å². The van der Waals surface area contributed by atoms with Crippen LogP contribution in [0, 0.1) is 0 Å². The van der Waals surface area contributed by atoms with Gasteiger partial charge in [0.25, 0.3) is 0 Å². The highest BCUT2D eigenvalue weighted by Gasteiger charge is 2.24. The van der Waals surface area contributed by atoms with Gasteiger partial charge in [-0.05, 0) is 32.1 Å². The number of nitrogens with one attached hydrogen (secondary N) is 1. The fourth-order valence-corrected chi connectivity index (χ4v) is 3.67. The van der Waals surface area contributed by atoms with Crippen LogP contribution in [0.2, 0.25) is 0 Å². The van der Waals surface area contributed by atoms with Crippen LogP contribution < -0.4 is 5.32 Å². The smallest absolute Gasteiger partial charge is 0.153 e. The van der Waals surface area contributed by atoms with Crippen LogP contribution in [-0.2, 0) is 16.4 Å². The van der Waals surface area contributed by atoms with Crippen LogP contribution >= 0.6 is 0 Å². The van der Waals surface area contributed by atoms with Crippen LogP contribution in [0.25, 0.3) is 0 Å². The molecule has 5 nitrogen and oxygen atoms in total. The average molecular weight is 272 g/mol. The van der Waals surface area contributed by atoms with E-state index in [-0.39, 0.29) is 17.5 Å². The molecule has 1 aliphatic heterocycles. The lowest BCUT2D eigenvalue weighted by molar-refractivity contribution is 0.278. The summed E-state index contributed by atoms with van der Waals surface area (Å²) in [4.78, 5) is 2.14. The van der Waals surface area contributed by atoms with Gasteiger partial charge in [-0.2, -0.15) is 0 Å². The minimum absolute atomic E-state index is 0.0859. The normalized spacial score (nSPS) is 23.3. The van der Waals surface area contributed by atoms with Crippen molar-refractivity contribution in [1.82, 2.24) is 10.2 Å². The van der Waals surface area contributed by atoms with Gasteiger partial charge in [0.2, 0.25) is 0 Å². The molecule has 1 fully saturated rings. The maximum atomic E-state index is 11.5. The Kier molecular flexibility index (Phi) is 4.42. The molecular weight excluding hydrogens is 252 g/mol. The molecule has 1 atom stereocenters. The number of sulfone groups is 1. The first-order valence-corrected chi connectivity index (χ1v) is 8.02. The number of furan rings is 1. The average Bonchev–Trinajstić information content (AvgIpc) is 2.78. The Morgan fingerprint density at radius 3 is 3.06 bits per heavy atom. The Morgan fingerprint density at radius 1 is 1.56 bits per heavy atom. The first-order valence-electron chi connectivity index (χ1n) is 6.20. The van der Waals surface area contributed by atoms with Crippen LogP contribution in [0.5, 0.6) is 0 Å². The molecule has 0 saturated carbocycles. The van der Waals surface area contributed by atoms with Gasteiger partial charge in [-0.25, -0.2) is 8.42 Å². The van der Waals surface area contributed by atoms with E-state index in [9.17, 15) is 8.42 Å². The molecule has 0 aliphatic carbocycles. The van der Waals surface area contributed by atoms with E-state index in [0.29, 0.717) is 6.54 Å². The first kappa shape index (κ1) is 13.6. The molecule has 2 heterocycles. The zero-order valence-electron chi connectivity index (χ0n) is 10.6. The van der Waals surface area contributed by atoms with Crippen LogP contribution in [0.3, 0.4) is 0 Å². The molecule has 1 unspecified atom stereocenters. The van der Waals surface area contributed by atoms with Crippen molar-refractivity contribution in [3.8, 4) is 0 Å². The zero-order valence-corrected chi connectivity index (χ0v) is 11.4. The van der Waals surface area contributed by atoms with Crippen molar-refractivity contribution in [1.29, 1.82) is 0 Å². The lowest BCUT2D eigenvalue weighted by Crippen LogP contribution is -2.46. The van der Waals surface area contributed by atoms with Gasteiger partial charge in [0, 0.05) is 12.6 Å². The Balaban J connectivity index is 1.74. The van der Waals surface area contributed by atoms with E-state index in [1.165, 1.54) is 0 Å². The number of hydrogen-bond acceptors (Lipinski definition) is 5. The molecule has 0 radical (unpaired) electrons. The highest BCUT2D eigenvalue weighted by molar-refractivity contribution is 7.91. The van der Waals surface area contributed by atoms with E-state index in [1.54, 1.807) is 6.26 Å². The summed E-state index contributed by atoms with van der Waals surface area (Å²) in [6.07, 6.45) is 2.51. The van der Waals surface area contributed by atoms with Crippen molar-refractivity contribution in [3.05, 3.63) is 24.2 Å². The highest BCUT2D eigenvalue weighted by atomic mass is 32.2. The third-order valence-corrected chi connectivity index (χ3v) is 4.90. The Hall–Kier alpha value is -0.850. The molecule has 1 aromatic heterocycles. The maximum Gasteiger partial charge on any atom is 0.153 e. The molecule has 1 aromatic rings. The van der Waals surface area contributed by atoms with Gasteiger partial charge in [0.15, 0.2) is 9.84 Å². The Bertz CT molecular complexity index is 456. The molecule has 1 N–H and O–H groups in total. The third-order valence-electron chi connectivity index (χ3n) is 3.17. The Morgan fingerprint density at radius 2 is 2.39 bits per heavy atom. The van der Waals surface area contributed by atoms with Gasteiger partial charge < -0.3 is 9.73 Å². The summed E-state index contributed by atoms with van der Waals surface area (Å²) in [6, 6.07) is 3.90. The molecule has 18 heavy (non-hydrogen) atoms. The lowest BCUT2D eigenvalue weighted by Gasteiger charge is -2.25. The molecule has 0 spiro atoms. The second kappa shape index (κ2) is 5.86. The van der Waals surface area contributed by atoms with Crippen molar-refractivity contribution < 1.29 is 12.8 Å². The topological polar surface area (TPSA) is 62.6 Å². The molecule has 2 rings (SSSR count). The second-order valence-corrected chi connectivity index (χ2v) is 7.10. The van der Waals surface area contributed by atoms with Gasteiger partial charge in [-0.3, -0.25) is 4.90 Å². The molecular formula is C12H20N2O3S. The third kappa shape index (κ3) is 4.12. The van der Waals surface area contributed by atoms with Crippen LogP contribution in [0.1, 0.15) is 12.2 Å². The molecule has 0 aromatic carbocycles. The predicted octanol–water partition coefficient (Wildman–Crippen LogP) is 0.488. The summed E-state index contributed by atoms with van der Waals surface area (Å²) in [6.45, 7) is 2.19. The molecule has 1 saturated heterocycles. The summed E-state index contributed by atoms with van der Waals surface area (Å²) < 4.78 is 28.3. The standard InChI is InChI=1S/C12H20N2O3S/c1-14(9-12-3-2-7-17-12)6-4-11-10-18(15,16)8-5-13-11/h2-3,7,11,13H,4-6,8-10H2,1H3. The van der Waals surface area contributed by atoms with E-state index >= 15 is 0 Å². The molecule has 0 bridgehead atoms. The second-order valence-electron chi connectivity index (χ2n) is 4.87. The van der Waals surface area contributed by atoms with Crippen LogP contribution in [-0.4, -0.2) is 51.0 Å². The summed E-state index contributed by atoms with van der Waals surface area (Å²) in [5.74, 6) is 1.47. The molecule has 0 amide bonds. The van der Waals surface area contributed by atoms with Gasteiger partial charge in [0.1, 0.15) is 5.76 Å². The fraction of sp³-hybridized carbons (Fsp3) is 0.667. The van der Waals surface area contributed by atoms with Gasteiger partial charge in [-0.1, -0.05) is 0 Å². The molecule has 1 aliphatic rings.